The van der Waals surface area contributed by atoms with Crippen LogP contribution in [-0.2, 0) is 17.8 Å². The summed E-state index contributed by atoms with van der Waals surface area (Å²) in [5, 5.41) is 4.06. The summed E-state index contributed by atoms with van der Waals surface area (Å²) in [6.07, 6.45) is 0.293. The normalized spacial score (nSPS) is 10.7. The summed E-state index contributed by atoms with van der Waals surface area (Å²) in [5.41, 5.74) is 4.80. The molecule has 0 aliphatic rings. The molecule has 0 saturated carbocycles. The Balaban J connectivity index is 1.77. The molecule has 0 aliphatic carbocycles. The van der Waals surface area contributed by atoms with E-state index in [4.69, 9.17) is 9.47 Å². The Hall–Kier alpha value is -3.08. The Morgan fingerprint density at radius 3 is 2.56 bits per heavy atom. The van der Waals surface area contributed by atoms with Crippen molar-refractivity contribution in [3.8, 4) is 11.5 Å². The van der Waals surface area contributed by atoms with E-state index in [0.717, 1.165) is 33.3 Å². The molecular formula is C22H24N2O3. The summed E-state index contributed by atoms with van der Waals surface area (Å²) >= 11 is 0. The fourth-order valence-corrected chi connectivity index (χ4v) is 3.34. The van der Waals surface area contributed by atoms with E-state index in [2.05, 4.69) is 10.3 Å². The van der Waals surface area contributed by atoms with Gasteiger partial charge in [-0.15, -0.1) is 0 Å². The molecule has 1 aromatic heterocycles. The van der Waals surface area contributed by atoms with Crippen LogP contribution < -0.4 is 14.8 Å². The standard InChI is InChI=1S/C22H24N2O3/c1-14-17-9-5-6-10-19(17)24-15(2)18(14)12-21(25)23-13-16-8-7-11-20(26-3)22(16)27-4/h5-11H,12-13H2,1-4H3,(H,23,25). The second kappa shape index (κ2) is 8.08. The monoisotopic (exact) mass is 364 g/mol. The van der Waals surface area contributed by atoms with Crippen LogP contribution in [0.15, 0.2) is 42.5 Å². The van der Waals surface area contributed by atoms with Crippen molar-refractivity contribution >= 4 is 16.8 Å². The minimum atomic E-state index is -0.0526. The van der Waals surface area contributed by atoms with Crippen LogP contribution in [0.25, 0.3) is 10.9 Å². The molecule has 0 atom stereocenters. The third kappa shape index (κ3) is 3.87. The van der Waals surface area contributed by atoms with Gasteiger partial charge in [0.2, 0.25) is 5.91 Å². The number of aryl methyl sites for hydroxylation is 2. The zero-order valence-corrected chi connectivity index (χ0v) is 16.1. The number of hydrogen-bond donors (Lipinski definition) is 1. The Labute approximate surface area is 159 Å². The molecule has 1 amide bonds. The number of hydrogen-bond acceptors (Lipinski definition) is 4. The smallest absolute Gasteiger partial charge is 0.224 e. The van der Waals surface area contributed by atoms with E-state index in [1.54, 1.807) is 14.2 Å². The Morgan fingerprint density at radius 1 is 1.04 bits per heavy atom. The lowest BCUT2D eigenvalue weighted by atomic mass is 9.99. The minimum absolute atomic E-state index is 0.0526. The van der Waals surface area contributed by atoms with Crippen molar-refractivity contribution in [3.63, 3.8) is 0 Å². The predicted octanol–water partition coefficient (Wildman–Crippen LogP) is 3.73. The fourth-order valence-electron chi connectivity index (χ4n) is 3.34. The summed E-state index contributed by atoms with van der Waals surface area (Å²) in [6, 6.07) is 13.6. The maximum atomic E-state index is 12.6. The molecule has 0 radical (unpaired) electrons. The number of amides is 1. The molecule has 0 fully saturated rings. The summed E-state index contributed by atoms with van der Waals surface area (Å²) < 4.78 is 10.7. The number of fused-ring (bicyclic) bond motifs is 1. The molecule has 5 nitrogen and oxygen atoms in total. The molecule has 2 aromatic carbocycles. The quantitative estimate of drug-likeness (QED) is 0.724. The van der Waals surface area contributed by atoms with E-state index in [1.807, 2.05) is 56.3 Å². The molecule has 27 heavy (non-hydrogen) atoms. The van der Waals surface area contributed by atoms with Crippen LogP contribution in [0.5, 0.6) is 11.5 Å². The van der Waals surface area contributed by atoms with Crippen molar-refractivity contribution in [2.24, 2.45) is 0 Å². The molecular weight excluding hydrogens is 340 g/mol. The van der Waals surface area contributed by atoms with Crippen molar-refractivity contribution in [1.29, 1.82) is 0 Å². The zero-order valence-electron chi connectivity index (χ0n) is 16.1. The van der Waals surface area contributed by atoms with Gasteiger partial charge in [0.05, 0.1) is 26.2 Å². The Bertz CT molecular complexity index is 983. The number of para-hydroxylation sites is 2. The van der Waals surface area contributed by atoms with E-state index in [-0.39, 0.29) is 5.91 Å². The highest BCUT2D eigenvalue weighted by Crippen LogP contribution is 2.30. The van der Waals surface area contributed by atoms with Crippen LogP contribution in [0.1, 0.15) is 22.4 Å². The van der Waals surface area contributed by atoms with Gasteiger partial charge in [-0.25, -0.2) is 0 Å². The molecule has 5 heteroatoms. The number of carbonyl (C=O) groups is 1. The van der Waals surface area contributed by atoms with E-state index in [1.165, 1.54) is 0 Å². The lowest BCUT2D eigenvalue weighted by Crippen LogP contribution is -2.25. The van der Waals surface area contributed by atoms with Gasteiger partial charge in [0.15, 0.2) is 11.5 Å². The minimum Gasteiger partial charge on any atom is -0.493 e. The van der Waals surface area contributed by atoms with Crippen molar-refractivity contribution in [1.82, 2.24) is 10.3 Å². The first-order valence-corrected chi connectivity index (χ1v) is 8.86. The van der Waals surface area contributed by atoms with Gasteiger partial charge < -0.3 is 14.8 Å². The molecule has 1 heterocycles. The van der Waals surface area contributed by atoms with Crippen molar-refractivity contribution in [2.75, 3.05) is 14.2 Å². The van der Waals surface area contributed by atoms with E-state index in [0.29, 0.717) is 24.5 Å². The number of benzene rings is 2. The van der Waals surface area contributed by atoms with Gasteiger partial charge in [0, 0.05) is 23.2 Å². The number of carbonyl (C=O) groups excluding carboxylic acids is 1. The molecule has 3 rings (SSSR count). The van der Waals surface area contributed by atoms with Gasteiger partial charge in [-0.1, -0.05) is 30.3 Å². The number of aromatic nitrogens is 1. The average molecular weight is 364 g/mol. The molecule has 0 bridgehead atoms. The largest absolute Gasteiger partial charge is 0.493 e. The second-order valence-corrected chi connectivity index (χ2v) is 6.42. The van der Waals surface area contributed by atoms with E-state index in [9.17, 15) is 4.79 Å². The lowest BCUT2D eigenvalue weighted by Gasteiger charge is -2.15. The van der Waals surface area contributed by atoms with Gasteiger partial charge in [-0.2, -0.15) is 0 Å². The highest BCUT2D eigenvalue weighted by atomic mass is 16.5. The maximum absolute atomic E-state index is 12.6. The fraction of sp³-hybridized carbons (Fsp3) is 0.273. The zero-order chi connectivity index (χ0) is 19.4. The van der Waals surface area contributed by atoms with E-state index < -0.39 is 0 Å². The summed E-state index contributed by atoms with van der Waals surface area (Å²) in [6.45, 7) is 4.37. The third-order valence-corrected chi connectivity index (χ3v) is 4.78. The predicted molar refractivity (Wildman–Crippen MR) is 106 cm³/mol. The molecule has 0 unspecified atom stereocenters. The Kier molecular flexibility index (Phi) is 5.60. The number of rotatable bonds is 6. The van der Waals surface area contributed by atoms with Crippen LogP contribution in [-0.4, -0.2) is 25.1 Å². The maximum Gasteiger partial charge on any atom is 0.224 e. The first-order chi connectivity index (χ1) is 13.0. The van der Waals surface area contributed by atoms with Crippen LogP contribution in [0, 0.1) is 13.8 Å². The van der Waals surface area contributed by atoms with Crippen LogP contribution in [0.4, 0.5) is 0 Å². The van der Waals surface area contributed by atoms with Gasteiger partial charge in [-0.05, 0) is 37.1 Å². The molecule has 1 N–H and O–H groups in total. The van der Waals surface area contributed by atoms with Gasteiger partial charge in [0.1, 0.15) is 0 Å². The van der Waals surface area contributed by atoms with E-state index >= 15 is 0 Å². The first kappa shape index (κ1) is 18.7. The topological polar surface area (TPSA) is 60.5 Å². The van der Waals surface area contributed by atoms with Gasteiger partial charge in [0.25, 0.3) is 0 Å². The van der Waals surface area contributed by atoms with Crippen molar-refractivity contribution < 1.29 is 14.3 Å². The highest BCUT2D eigenvalue weighted by molar-refractivity contribution is 5.86. The Morgan fingerprint density at radius 2 is 1.81 bits per heavy atom. The highest BCUT2D eigenvalue weighted by Gasteiger charge is 2.14. The number of pyridine rings is 1. The van der Waals surface area contributed by atoms with Crippen molar-refractivity contribution in [3.05, 3.63) is 64.8 Å². The van der Waals surface area contributed by atoms with Crippen LogP contribution in [0.3, 0.4) is 0 Å². The lowest BCUT2D eigenvalue weighted by molar-refractivity contribution is -0.120. The first-order valence-electron chi connectivity index (χ1n) is 8.86. The number of methoxy groups -OCH3 is 2. The molecule has 3 aromatic rings. The van der Waals surface area contributed by atoms with Gasteiger partial charge >= 0.3 is 0 Å². The molecule has 0 aliphatic heterocycles. The molecule has 140 valence electrons. The number of nitrogens with one attached hydrogen (secondary N) is 1. The molecule has 0 spiro atoms. The van der Waals surface area contributed by atoms with Gasteiger partial charge in [-0.3, -0.25) is 9.78 Å². The average Bonchev–Trinajstić information content (AvgIpc) is 2.69. The summed E-state index contributed by atoms with van der Waals surface area (Å²) in [4.78, 5) is 17.2. The third-order valence-electron chi connectivity index (χ3n) is 4.78. The van der Waals surface area contributed by atoms with Crippen LogP contribution >= 0.6 is 0 Å². The molecule has 0 saturated heterocycles. The SMILES string of the molecule is COc1cccc(CNC(=O)Cc2c(C)nc3ccccc3c2C)c1OC. The summed E-state index contributed by atoms with van der Waals surface area (Å²) in [5.74, 6) is 1.23. The number of nitrogens with zero attached hydrogens (tertiary/aromatic N) is 1. The summed E-state index contributed by atoms with van der Waals surface area (Å²) in [7, 11) is 3.19. The van der Waals surface area contributed by atoms with Crippen molar-refractivity contribution in [2.45, 2.75) is 26.8 Å². The van der Waals surface area contributed by atoms with Crippen LogP contribution in [0.2, 0.25) is 0 Å². The second-order valence-electron chi connectivity index (χ2n) is 6.42. The number of ether oxygens (including phenoxy) is 2.